The number of fused-ring (bicyclic) bond motifs is 1. The number of nitrogens with zero attached hydrogens (tertiary/aromatic N) is 5. The fourth-order valence-electron chi connectivity index (χ4n) is 3.75. The molecule has 0 bridgehead atoms. The number of carboxylic acids is 1. The van der Waals surface area contributed by atoms with Gasteiger partial charge in [0.25, 0.3) is 0 Å². The van der Waals surface area contributed by atoms with Gasteiger partial charge < -0.3 is 10.0 Å². The Balaban J connectivity index is 1.48. The molecule has 0 spiro atoms. The second-order valence-corrected chi connectivity index (χ2v) is 8.47. The molecule has 33 heavy (non-hydrogen) atoms. The molecule has 0 aromatic carbocycles. The molecule has 0 unspecified atom stereocenters. The minimum absolute atomic E-state index is 0.00262. The summed E-state index contributed by atoms with van der Waals surface area (Å²) < 4.78 is 16.3. The Kier molecular flexibility index (Phi) is 5.17. The Bertz CT molecular complexity index is 1430. The quantitative estimate of drug-likeness (QED) is 0.461. The highest BCUT2D eigenvalue weighted by Crippen LogP contribution is 2.29. The average molecular weight is 465 g/mol. The Morgan fingerprint density at radius 2 is 2.03 bits per heavy atom. The van der Waals surface area contributed by atoms with Crippen molar-refractivity contribution in [2.75, 3.05) is 18.0 Å². The number of rotatable bonds is 6. The molecule has 1 fully saturated rings. The van der Waals surface area contributed by atoms with Gasteiger partial charge in [0.15, 0.2) is 22.4 Å². The lowest BCUT2D eigenvalue weighted by molar-refractivity contribution is -0.123. The van der Waals surface area contributed by atoms with E-state index in [1.807, 2.05) is 6.07 Å². The lowest BCUT2D eigenvalue weighted by Gasteiger charge is -2.39. The van der Waals surface area contributed by atoms with Crippen molar-refractivity contribution in [3.63, 3.8) is 0 Å². The third-order valence-corrected chi connectivity index (χ3v) is 6.26. The summed E-state index contributed by atoms with van der Waals surface area (Å²) in [5.41, 5.74) is -0.552. The number of carbonyl (C=O) groups excluding carboxylic acids is 1. The highest BCUT2D eigenvalue weighted by atomic mass is 32.1. The molecule has 1 N–H and O–H groups in total. The van der Waals surface area contributed by atoms with Gasteiger partial charge in [-0.3, -0.25) is 19.1 Å². The number of ketones is 1. The van der Waals surface area contributed by atoms with E-state index in [0.29, 0.717) is 10.8 Å². The number of hydrogen-bond acceptors (Lipinski definition) is 8. The van der Waals surface area contributed by atoms with Gasteiger partial charge in [-0.2, -0.15) is 0 Å². The molecule has 1 aliphatic heterocycles. The fourth-order valence-corrected chi connectivity index (χ4v) is 4.37. The SMILES string of the molecule is O=C(O)c1cn(-c2nccs2)c2nc(N3CC(C(=O)Cc4ccccn4)C3)c(F)cc2c1=O. The number of carbonyl (C=O) groups is 2. The van der Waals surface area contributed by atoms with Gasteiger partial charge in [-0.05, 0) is 18.2 Å². The molecule has 4 aromatic heterocycles. The molecule has 166 valence electrons. The molecule has 0 aliphatic carbocycles. The molecule has 11 heteroatoms. The molecule has 1 saturated heterocycles. The Morgan fingerprint density at radius 3 is 2.70 bits per heavy atom. The van der Waals surface area contributed by atoms with Crippen LogP contribution in [0.25, 0.3) is 16.2 Å². The van der Waals surface area contributed by atoms with Crippen molar-refractivity contribution in [1.82, 2.24) is 19.5 Å². The predicted octanol–water partition coefficient (Wildman–Crippen LogP) is 2.32. The fraction of sp³-hybridized carbons (Fsp3) is 0.182. The van der Waals surface area contributed by atoms with Crippen LogP contribution in [0.5, 0.6) is 0 Å². The van der Waals surface area contributed by atoms with Crippen LogP contribution in [0.4, 0.5) is 10.2 Å². The smallest absolute Gasteiger partial charge is 0.341 e. The van der Waals surface area contributed by atoms with Gasteiger partial charge in [-0.1, -0.05) is 6.07 Å². The van der Waals surface area contributed by atoms with E-state index >= 15 is 0 Å². The minimum atomic E-state index is -1.42. The summed E-state index contributed by atoms with van der Waals surface area (Å²) in [6.45, 7) is 0.575. The van der Waals surface area contributed by atoms with Gasteiger partial charge in [-0.15, -0.1) is 11.3 Å². The molecule has 0 radical (unpaired) electrons. The first-order valence-corrected chi connectivity index (χ1v) is 10.9. The van der Waals surface area contributed by atoms with Crippen LogP contribution in [-0.4, -0.2) is 49.5 Å². The van der Waals surface area contributed by atoms with Gasteiger partial charge in [0, 0.05) is 49.2 Å². The first-order valence-electron chi connectivity index (χ1n) is 9.99. The highest BCUT2D eigenvalue weighted by Gasteiger charge is 2.35. The highest BCUT2D eigenvalue weighted by molar-refractivity contribution is 7.12. The molecule has 9 nitrogen and oxygen atoms in total. The van der Waals surface area contributed by atoms with Gasteiger partial charge in [0.05, 0.1) is 11.3 Å². The minimum Gasteiger partial charge on any atom is -0.477 e. The monoisotopic (exact) mass is 465 g/mol. The van der Waals surface area contributed by atoms with E-state index in [-0.39, 0.29) is 48.1 Å². The lowest BCUT2D eigenvalue weighted by Crippen LogP contribution is -2.51. The van der Waals surface area contributed by atoms with E-state index in [1.165, 1.54) is 22.1 Å². The summed E-state index contributed by atoms with van der Waals surface area (Å²) >= 11 is 1.22. The third kappa shape index (κ3) is 3.76. The van der Waals surface area contributed by atoms with Gasteiger partial charge in [-0.25, -0.2) is 19.2 Å². The van der Waals surface area contributed by atoms with Crippen molar-refractivity contribution >= 4 is 39.9 Å². The summed E-state index contributed by atoms with van der Waals surface area (Å²) in [6.07, 6.45) is 4.51. The summed E-state index contributed by atoms with van der Waals surface area (Å²) in [5.74, 6) is -2.45. The van der Waals surface area contributed by atoms with E-state index < -0.39 is 22.8 Å². The molecular weight excluding hydrogens is 449 g/mol. The largest absolute Gasteiger partial charge is 0.477 e. The van der Waals surface area contributed by atoms with Crippen LogP contribution in [0, 0.1) is 11.7 Å². The van der Waals surface area contributed by atoms with E-state index in [9.17, 15) is 23.9 Å². The van der Waals surface area contributed by atoms with Gasteiger partial charge >= 0.3 is 5.97 Å². The molecule has 0 atom stereocenters. The number of thiazole rings is 1. The zero-order valence-corrected chi connectivity index (χ0v) is 17.8. The molecule has 5 rings (SSSR count). The first kappa shape index (κ1) is 20.9. The van der Waals surface area contributed by atoms with Crippen molar-refractivity contribution in [1.29, 1.82) is 0 Å². The van der Waals surface area contributed by atoms with Crippen molar-refractivity contribution in [3.8, 4) is 5.13 Å². The maximum Gasteiger partial charge on any atom is 0.341 e. The van der Waals surface area contributed by atoms with E-state index in [2.05, 4.69) is 15.0 Å². The molecule has 0 amide bonds. The second kappa shape index (κ2) is 8.17. The van der Waals surface area contributed by atoms with Crippen LogP contribution >= 0.6 is 11.3 Å². The molecule has 1 aliphatic rings. The topological polar surface area (TPSA) is 118 Å². The standard InChI is InChI=1S/C22H16FN5O4S/c23-16-8-14-18(30)15(21(31)32)11-28(22-25-5-6-33-22)19(14)26-20(16)27-9-12(10-27)17(29)7-13-3-1-2-4-24-13/h1-6,8,11-12H,7,9-10H2,(H,31,32). The maximum atomic E-state index is 14.9. The number of hydrogen-bond donors (Lipinski definition) is 1. The van der Waals surface area contributed by atoms with Crippen LogP contribution in [0.15, 0.2) is 53.0 Å². The number of anilines is 1. The van der Waals surface area contributed by atoms with E-state index in [4.69, 9.17) is 0 Å². The van der Waals surface area contributed by atoms with Crippen molar-refractivity contribution in [3.05, 3.63) is 75.5 Å². The van der Waals surface area contributed by atoms with Crippen LogP contribution in [0.2, 0.25) is 0 Å². The Labute approximate surface area is 189 Å². The summed E-state index contributed by atoms with van der Waals surface area (Å²) in [7, 11) is 0. The van der Waals surface area contributed by atoms with E-state index in [0.717, 1.165) is 12.3 Å². The summed E-state index contributed by atoms with van der Waals surface area (Å²) in [6, 6.07) is 6.37. The number of aromatic nitrogens is 4. The predicted molar refractivity (Wildman–Crippen MR) is 119 cm³/mol. The zero-order valence-electron chi connectivity index (χ0n) is 17.0. The Hall–Kier alpha value is -3.99. The number of halogens is 1. The summed E-state index contributed by atoms with van der Waals surface area (Å²) in [5, 5.41) is 11.3. The van der Waals surface area contributed by atoms with Crippen molar-refractivity contribution in [2.45, 2.75) is 6.42 Å². The molecule has 4 aromatic rings. The zero-order chi connectivity index (χ0) is 23.1. The van der Waals surface area contributed by atoms with Crippen molar-refractivity contribution in [2.24, 2.45) is 5.92 Å². The molecule has 0 saturated carbocycles. The first-order chi connectivity index (χ1) is 15.9. The van der Waals surface area contributed by atoms with Gasteiger partial charge in [0.2, 0.25) is 5.43 Å². The molecular formula is C22H16FN5O4S. The van der Waals surface area contributed by atoms with Crippen LogP contribution < -0.4 is 10.3 Å². The molecule has 5 heterocycles. The lowest BCUT2D eigenvalue weighted by atomic mass is 9.92. The Morgan fingerprint density at radius 1 is 1.21 bits per heavy atom. The third-order valence-electron chi connectivity index (χ3n) is 5.49. The van der Waals surface area contributed by atoms with E-state index in [1.54, 1.807) is 28.6 Å². The van der Waals surface area contributed by atoms with Crippen LogP contribution in [0.1, 0.15) is 16.1 Å². The normalized spacial score (nSPS) is 13.8. The number of aromatic carboxylic acids is 1. The maximum absolute atomic E-state index is 14.9. The van der Waals surface area contributed by atoms with Gasteiger partial charge in [0.1, 0.15) is 11.3 Å². The second-order valence-electron chi connectivity index (χ2n) is 7.59. The van der Waals surface area contributed by atoms with Crippen LogP contribution in [-0.2, 0) is 11.2 Å². The number of pyridine rings is 3. The average Bonchev–Trinajstić information content (AvgIpc) is 3.29. The summed E-state index contributed by atoms with van der Waals surface area (Å²) in [4.78, 5) is 51.0. The van der Waals surface area contributed by atoms with Crippen molar-refractivity contribution < 1.29 is 19.1 Å². The number of Topliss-reactive ketones (excluding diaryl/α,β-unsaturated/α-hetero) is 1. The number of carboxylic acid groups (broad SMARTS) is 1. The van der Waals surface area contributed by atoms with Crippen LogP contribution in [0.3, 0.4) is 0 Å².